The molecule has 35 heavy (non-hydrogen) atoms. The van der Waals surface area contributed by atoms with Gasteiger partial charge in [0.2, 0.25) is 5.91 Å². The number of carbonyl (C=O) groups is 3. The zero-order valence-corrected chi connectivity index (χ0v) is 20.5. The number of phenolic OH excluding ortho intramolecular Hbond substituents is 1. The van der Waals surface area contributed by atoms with Gasteiger partial charge in [-0.2, -0.15) is 0 Å². The molecule has 2 aromatic rings. The molecule has 3 N–H and O–H groups in total. The Balaban J connectivity index is 1.75. The third kappa shape index (κ3) is 7.73. The largest absolute Gasteiger partial charge is 0.508 e. The molecule has 188 valence electrons. The lowest BCUT2D eigenvalue weighted by molar-refractivity contribution is -0.149. The number of carbonyl (C=O) groups excluding carboxylic acids is 3. The van der Waals surface area contributed by atoms with Gasteiger partial charge in [0, 0.05) is 6.42 Å². The van der Waals surface area contributed by atoms with Gasteiger partial charge in [0.05, 0.1) is 0 Å². The van der Waals surface area contributed by atoms with Crippen molar-refractivity contribution in [2.45, 2.75) is 76.7 Å². The summed E-state index contributed by atoms with van der Waals surface area (Å²) in [4.78, 5) is 39.0. The molecular weight excluding hydrogens is 448 g/mol. The first-order valence-corrected chi connectivity index (χ1v) is 11.9. The fourth-order valence-corrected chi connectivity index (χ4v) is 4.07. The highest BCUT2D eigenvalue weighted by Crippen LogP contribution is 2.31. The highest BCUT2D eigenvalue weighted by Gasteiger charge is 2.44. The Bertz CT molecular complexity index is 1010. The predicted octanol–water partition coefficient (Wildman–Crippen LogP) is 4.00. The smallest absolute Gasteiger partial charge is 0.408 e. The summed E-state index contributed by atoms with van der Waals surface area (Å²) in [7, 11) is 0. The van der Waals surface area contributed by atoms with Crippen molar-refractivity contribution in [1.82, 2.24) is 10.6 Å². The van der Waals surface area contributed by atoms with Gasteiger partial charge >= 0.3 is 12.1 Å². The maximum atomic E-state index is 13.5. The van der Waals surface area contributed by atoms with Crippen molar-refractivity contribution < 1.29 is 29.0 Å². The lowest BCUT2D eigenvalue weighted by Crippen LogP contribution is -2.60. The topological polar surface area (TPSA) is 114 Å². The van der Waals surface area contributed by atoms with Gasteiger partial charge in [-0.05, 0) is 56.9 Å². The molecule has 3 rings (SSSR count). The van der Waals surface area contributed by atoms with Crippen molar-refractivity contribution in [3.63, 3.8) is 0 Å². The van der Waals surface area contributed by atoms with Crippen LogP contribution in [0.2, 0.25) is 0 Å². The Morgan fingerprint density at radius 3 is 2.20 bits per heavy atom. The van der Waals surface area contributed by atoms with E-state index in [1.807, 2.05) is 30.3 Å². The summed E-state index contributed by atoms with van der Waals surface area (Å²) in [6.07, 6.45) is 1.93. The highest BCUT2D eigenvalue weighted by molar-refractivity contribution is 5.93. The van der Waals surface area contributed by atoms with Gasteiger partial charge in [-0.25, -0.2) is 9.59 Å². The predicted molar refractivity (Wildman–Crippen MR) is 131 cm³/mol. The van der Waals surface area contributed by atoms with Crippen LogP contribution in [0.15, 0.2) is 54.6 Å². The molecule has 1 aliphatic rings. The summed E-state index contributed by atoms with van der Waals surface area (Å²) in [5.41, 5.74) is -0.294. The minimum absolute atomic E-state index is 0.0723. The Labute approximate surface area is 206 Å². The van der Waals surface area contributed by atoms with E-state index in [0.29, 0.717) is 12.8 Å². The average Bonchev–Trinajstić information content (AvgIpc) is 3.27. The van der Waals surface area contributed by atoms with Gasteiger partial charge in [-0.1, -0.05) is 55.3 Å². The molecule has 0 aromatic heterocycles. The number of nitrogens with one attached hydrogen (secondary N) is 2. The Morgan fingerprint density at radius 1 is 0.971 bits per heavy atom. The number of rotatable bonds is 8. The summed E-state index contributed by atoms with van der Waals surface area (Å²) >= 11 is 0. The van der Waals surface area contributed by atoms with E-state index >= 15 is 0 Å². The molecule has 0 aliphatic heterocycles. The molecule has 0 spiro atoms. The Kier molecular flexibility index (Phi) is 8.38. The van der Waals surface area contributed by atoms with Crippen molar-refractivity contribution in [1.29, 1.82) is 0 Å². The van der Waals surface area contributed by atoms with Gasteiger partial charge < -0.3 is 25.2 Å². The van der Waals surface area contributed by atoms with E-state index in [0.717, 1.165) is 24.0 Å². The number of phenols is 1. The molecule has 8 heteroatoms. The second kappa shape index (κ2) is 11.3. The molecular formula is C27H34N2O6. The van der Waals surface area contributed by atoms with E-state index in [1.54, 1.807) is 32.9 Å². The molecule has 2 aromatic carbocycles. The van der Waals surface area contributed by atoms with Gasteiger partial charge in [-0.3, -0.25) is 4.79 Å². The first-order valence-electron chi connectivity index (χ1n) is 11.9. The van der Waals surface area contributed by atoms with Crippen LogP contribution in [0.25, 0.3) is 0 Å². The quantitative estimate of drug-likeness (QED) is 0.490. The molecule has 0 heterocycles. The van der Waals surface area contributed by atoms with E-state index in [1.165, 1.54) is 12.1 Å². The number of amides is 2. The van der Waals surface area contributed by atoms with Crippen LogP contribution in [0.4, 0.5) is 4.79 Å². The van der Waals surface area contributed by atoms with Crippen molar-refractivity contribution >= 4 is 18.0 Å². The van der Waals surface area contributed by atoms with Gasteiger partial charge in [-0.15, -0.1) is 0 Å². The third-order valence-electron chi connectivity index (χ3n) is 5.82. The SMILES string of the molecule is CC(C)(C)OC(=O)NC1(C(=O)N[C@@H](Cc2ccc(O)cc2)C(=O)OCc2ccccc2)CCCC1. The molecule has 1 saturated carbocycles. The Hall–Kier alpha value is -3.55. The van der Waals surface area contributed by atoms with E-state index in [4.69, 9.17) is 9.47 Å². The van der Waals surface area contributed by atoms with Crippen LogP contribution in [-0.4, -0.2) is 40.3 Å². The van der Waals surface area contributed by atoms with Crippen molar-refractivity contribution in [2.24, 2.45) is 0 Å². The molecule has 0 saturated heterocycles. The average molecular weight is 483 g/mol. The van der Waals surface area contributed by atoms with Crippen molar-refractivity contribution in [3.8, 4) is 5.75 Å². The second-order valence-electron chi connectivity index (χ2n) is 9.91. The van der Waals surface area contributed by atoms with Gasteiger partial charge in [0.25, 0.3) is 0 Å². The minimum atomic E-state index is -1.16. The van der Waals surface area contributed by atoms with Crippen LogP contribution in [0.3, 0.4) is 0 Å². The van der Waals surface area contributed by atoms with Crippen LogP contribution < -0.4 is 10.6 Å². The number of benzene rings is 2. The molecule has 0 radical (unpaired) electrons. The molecule has 1 atom stereocenters. The van der Waals surface area contributed by atoms with Crippen LogP contribution in [0.5, 0.6) is 5.75 Å². The van der Waals surface area contributed by atoms with E-state index in [-0.39, 0.29) is 18.8 Å². The lowest BCUT2D eigenvalue weighted by Gasteiger charge is -2.32. The maximum absolute atomic E-state index is 13.5. The summed E-state index contributed by atoms with van der Waals surface area (Å²) < 4.78 is 10.9. The fourth-order valence-electron chi connectivity index (χ4n) is 4.07. The minimum Gasteiger partial charge on any atom is -0.508 e. The number of aromatic hydroxyl groups is 1. The molecule has 0 bridgehead atoms. The molecule has 1 aliphatic carbocycles. The summed E-state index contributed by atoms with van der Waals surface area (Å²) in [6, 6.07) is 14.7. The van der Waals surface area contributed by atoms with Gasteiger partial charge in [0.15, 0.2) is 0 Å². The monoisotopic (exact) mass is 482 g/mol. The number of ether oxygens (including phenoxy) is 2. The fraction of sp³-hybridized carbons (Fsp3) is 0.444. The standard InChI is InChI=1S/C27H34N2O6/c1-26(2,3)35-25(33)29-27(15-7-8-16-27)24(32)28-22(17-19-11-13-21(30)14-12-19)23(31)34-18-20-9-5-4-6-10-20/h4-6,9-14,22,30H,7-8,15-18H2,1-3H3,(H,28,32)(H,29,33)/t22-/m0/s1. The van der Waals surface area contributed by atoms with Crippen LogP contribution >= 0.6 is 0 Å². The Morgan fingerprint density at radius 2 is 1.60 bits per heavy atom. The number of alkyl carbamates (subject to hydrolysis) is 1. The highest BCUT2D eigenvalue weighted by atomic mass is 16.6. The van der Waals surface area contributed by atoms with Crippen LogP contribution in [-0.2, 0) is 32.1 Å². The van der Waals surface area contributed by atoms with E-state index in [9.17, 15) is 19.5 Å². The number of hydrogen-bond donors (Lipinski definition) is 3. The molecule has 0 unspecified atom stereocenters. The third-order valence-corrected chi connectivity index (χ3v) is 5.82. The number of hydrogen-bond acceptors (Lipinski definition) is 6. The van der Waals surface area contributed by atoms with Crippen molar-refractivity contribution in [3.05, 3.63) is 65.7 Å². The normalized spacial score (nSPS) is 15.6. The zero-order valence-electron chi connectivity index (χ0n) is 20.5. The summed E-state index contributed by atoms with van der Waals surface area (Å²) in [6.45, 7) is 5.34. The molecule has 8 nitrogen and oxygen atoms in total. The lowest BCUT2D eigenvalue weighted by atomic mass is 9.95. The van der Waals surface area contributed by atoms with E-state index < -0.39 is 35.2 Å². The maximum Gasteiger partial charge on any atom is 0.408 e. The van der Waals surface area contributed by atoms with Gasteiger partial charge in [0.1, 0.15) is 29.5 Å². The molecule has 1 fully saturated rings. The second-order valence-corrected chi connectivity index (χ2v) is 9.91. The first-order chi connectivity index (χ1) is 16.6. The summed E-state index contributed by atoms with van der Waals surface area (Å²) in [5, 5.41) is 15.2. The van der Waals surface area contributed by atoms with Crippen LogP contribution in [0, 0.1) is 0 Å². The molecule has 2 amide bonds. The first kappa shape index (κ1) is 26.1. The number of esters is 1. The zero-order chi connectivity index (χ0) is 25.5. The van der Waals surface area contributed by atoms with E-state index in [2.05, 4.69) is 10.6 Å². The van der Waals surface area contributed by atoms with Crippen molar-refractivity contribution in [2.75, 3.05) is 0 Å². The van der Waals surface area contributed by atoms with Crippen LogP contribution in [0.1, 0.15) is 57.6 Å². The summed E-state index contributed by atoms with van der Waals surface area (Å²) in [5.74, 6) is -0.922.